The van der Waals surface area contributed by atoms with Crippen molar-refractivity contribution in [2.45, 2.75) is 20.3 Å². The first-order valence-corrected chi connectivity index (χ1v) is 4.66. The second kappa shape index (κ2) is 4.81. The Morgan fingerprint density at radius 3 is 2.71 bits per heavy atom. The summed E-state index contributed by atoms with van der Waals surface area (Å²) in [5.74, 6) is 0. The predicted octanol–water partition coefficient (Wildman–Crippen LogP) is 0.625. The van der Waals surface area contributed by atoms with E-state index in [9.17, 15) is 5.21 Å². The molecule has 0 spiro atoms. The van der Waals surface area contributed by atoms with E-state index in [4.69, 9.17) is 5.11 Å². The van der Waals surface area contributed by atoms with Gasteiger partial charge in [0.1, 0.15) is 0 Å². The third-order valence-electron chi connectivity index (χ3n) is 1.93. The average Bonchev–Trinajstić information content (AvgIpc) is 2.13. The molecule has 4 nitrogen and oxygen atoms in total. The fourth-order valence-corrected chi connectivity index (χ4v) is 1.25. The van der Waals surface area contributed by atoms with Gasteiger partial charge in [-0.15, -0.1) is 0 Å². The summed E-state index contributed by atoms with van der Waals surface area (Å²) in [5.41, 5.74) is 2.36. The maximum Gasteiger partial charge on any atom is 0.163 e. The molecule has 0 aromatic carbocycles. The molecular weight excluding hydrogens is 180 g/mol. The molecule has 4 heteroatoms. The fourth-order valence-electron chi connectivity index (χ4n) is 1.25. The molecule has 0 saturated heterocycles. The first kappa shape index (κ1) is 10.8. The van der Waals surface area contributed by atoms with Gasteiger partial charge in [-0.2, -0.15) is 4.73 Å². The van der Waals surface area contributed by atoms with Gasteiger partial charge < -0.3 is 10.3 Å². The number of aryl methyl sites for hydroxylation is 2. The molecule has 0 aliphatic carbocycles. The molecule has 0 bridgehead atoms. The van der Waals surface area contributed by atoms with Crippen LogP contribution in [-0.4, -0.2) is 28.2 Å². The quantitative estimate of drug-likeness (QED) is 0.550. The monoisotopic (exact) mass is 196 g/mol. The Bertz CT molecular complexity index is 369. The van der Waals surface area contributed by atoms with Crippen LogP contribution in [-0.2, 0) is 0 Å². The van der Waals surface area contributed by atoms with Crippen LogP contribution in [0.25, 0.3) is 0 Å². The summed E-state index contributed by atoms with van der Waals surface area (Å²) in [6.45, 7) is 4.43. The Balaban J connectivity index is 3.01. The van der Waals surface area contributed by atoms with Crippen LogP contribution in [0.4, 0.5) is 0 Å². The van der Waals surface area contributed by atoms with Gasteiger partial charge in [-0.3, -0.25) is 4.99 Å². The van der Waals surface area contributed by atoms with E-state index in [-0.39, 0.29) is 6.61 Å². The molecule has 0 saturated carbocycles. The van der Waals surface area contributed by atoms with Crippen molar-refractivity contribution in [2.24, 2.45) is 4.99 Å². The maximum atomic E-state index is 9.58. The summed E-state index contributed by atoms with van der Waals surface area (Å²) in [5, 5.41) is 18.2. The van der Waals surface area contributed by atoms with Gasteiger partial charge in [-0.25, -0.2) is 0 Å². The van der Waals surface area contributed by atoms with Crippen LogP contribution >= 0.6 is 0 Å². The lowest BCUT2D eigenvalue weighted by atomic mass is 10.2. The minimum Gasteiger partial charge on any atom is -0.427 e. The van der Waals surface area contributed by atoms with Gasteiger partial charge in [0, 0.05) is 13.2 Å². The highest BCUT2D eigenvalue weighted by Gasteiger charge is 1.96. The van der Waals surface area contributed by atoms with E-state index in [0.717, 1.165) is 16.0 Å². The van der Waals surface area contributed by atoms with Crippen molar-refractivity contribution in [3.05, 3.63) is 28.9 Å². The van der Waals surface area contributed by atoms with Crippen LogP contribution in [0.5, 0.6) is 0 Å². The fraction of sp³-hybridized carbons (Fsp3) is 0.500. The van der Waals surface area contributed by atoms with E-state index in [1.807, 2.05) is 26.0 Å². The molecule has 0 aliphatic rings. The summed E-state index contributed by atoms with van der Waals surface area (Å²) >= 11 is 0. The molecule has 0 atom stereocenters. The lowest BCUT2D eigenvalue weighted by Gasteiger charge is -2.04. The van der Waals surface area contributed by atoms with Crippen molar-refractivity contribution in [3.63, 3.8) is 0 Å². The summed E-state index contributed by atoms with van der Waals surface area (Å²) in [4.78, 5) is 4.17. The average molecular weight is 196 g/mol. The Kier molecular flexibility index (Phi) is 3.71. The zero-order chi connectivity index (χ0) is 10.6. The molecule has 1 aromatic rings. The summed E-state index contributed by atoms with van der Waals surface area (Å²) in [6, 6.07) is 3.69. The topological polar surface area (TPSA) is 57.8 Å². The zero-order valence-corrected chi connectivity index (χ0v) is 8.56. The maximum absolute atomic E-state index is 9.58. The molecule has 0 radical (unpaired) electrons. The van der Waals surface area contributed by atoms with Gasteiger partial charge in [-0.05, 0) is 38.0 Å². The van der Waals surface area contributed by atoms with Gasteiger partial charge in [0.15, 0.2) is 5.49 Å². The summed E-state index contributed by atoms with van der Waals surface area (Å²) < 4.78 is 1.06. The van der Waals surface area contributed by atoms with Crippen LogP contribution in [0.15, 0.2) is 17.1 Å². The Labute approximate surface area is 83.1 Å². The van der Waals surface area contributed by atoms with Crippen molar-refractivity contribution >= 4 is 0 Å². The molecule has 0 fully saturated rings. The number of aliphatic hydroxyl groups excluding tert-OH is 1. The van der Waals surface area contributed by atoms with E-state index in [2.05, 4.69) is 4.99 Å². The Morgan fingerprint density at radius 2 is 2.07 bits per heavy atom. The van der Waals surface area contributed by atoms with Crippen LogP contribution in [0, 0.1) is 13.8 Å². The van der Waals surface area contributed by atoms with Crippen molar-refractivity contribution in [1.29, 1.82) is 0 Å². The number of aliphatic hydroxyl groups is 1. The molecule has 78 valence electrons. The molecule has 14 heavy (non-hydrogen) atoms. The largest absolute Gasteiger partial charge is 0.427 e. The predicted molar refractivity (Wildman–Crippen MR) is 53.2 cm³/mol. The van der Waals surface area contributed by atoms with Gasteiger partial charge in [0.05, 0.1) is 5.69 Å². The number of nitrogens with zero attached hydrogens (tertiary/aromatic N) is 2. The van der Waals surface area contributed by atoms with Crippen LogP contribution in [0.2, 0.25) is 0 Å². The minimum absolute atomic E-state index is 0.125. The highest BCUT2D eigenvalue weighted by molar-refractivity contribution is 5.13. The lowest BCUT2D eigenvalue weighted by molar-refractivity contribution is 0.164. The van der Waals surface area contributed by atoms with E-state index < -0.39 is 0 Å². The Morgan fingerprint density at radius 1 is 1.36 bits per heavy atom. The molecule has 2 N–H and O–H groups in total. The standard InChI is InChI=1S/C10H16N2O2/c1-8-6-9(2)12(14)10(7-8)11-4-3-5-13/h6-7,13-14H,3-5H2,1-2H3. The zero-order valence-electron chi connectivity index (χ0n) is 8.56. The van der Waals surface area contributed by atoms with Crippen LogP contribution in [0.3, 0.4) is 0 Å². The molecule has 1 heterocycles. The van der Waals surface area contributed by atoms with Gasteiger partial charge in [0.25, 0.3) is 0 Å². The molecular formula is C10H16N2O2. The third kappa shape index (κ3) is 2.60. The molecule has 1 rings (SSSR count). The lowest BCUT2D eigenvalue weighted by Crippen LogP contribution is -2.21. The molecule has 0 aliphatic heterocycles. The summed E-state index contributed by atoms with van der Waals surface area (Å²) in [6.07, 6.45) is 0.618. The van der Waals surface area contributed by atoms with E-state index in [0.29, 0.717) is 18.5 Å². The second-order valence-electron chi connectivity index (χ2n) is 3.30. The number of pyridine rings is 1. The number of rotatable bonds is 3. The normalized spacial score (nSPS) is 12.1. The van der Waals surface area contributed by atoms with Gasteiger partial charge >= 0.3 is 0 Å². The van der Waals surface area contributed by atoms with Crippen LogP contribution < -0.4 is 5.49 Å². The smallest absolute Gasteiger partial charge is 0.163 e. The van der Waals surface area contributed by atoms with Gasteiger partial charge in [0.2, 0.25) is 0 Å². The van der Waals surface area contributed by atoms with E-state index in [1.165, 1.54) is 0 Å². The highest BCUT2D eigenvalue weighted by Crippen LogP contribution is 1.96. The van der Waals surface area contributed by atoms with E-state index in [1.54, 1.807) is 0 Å². The summed E-state index contributed by atoms with van der Waals surface area (Å²) in [7, 11) is 0. The molecule has 0 unspecified atom stereocenters. The van der Waals surface area contributed by atoms with Crippen molar-refractivity contribution in [1.82, 2.24) is 4.73 Å². The highest BCUT2D eigenvalue weighted by atomic mass is 16.5. The molecule has 1 aromatic heterocycles. The number of hydrogen-bond acceptors (Lipinski definition) is 3. The van der Waals surface area contributed by atoms with Crippen molar-refractivity contribution in [2.75, 3.05) is 13.2 Å². The SMILES string of the molecule is Cc1cc(C)n(O)c(=NCCCO)c1. The molecule has 0 amide bonds. The minimum atomic E-state index is 0.125. The van der Waals surface area contributed by atoms with Crippen molar-refractivity contribution in [3.8, 4) is 0 Å². The number of hydrogen-bond donors (Lipinski definition) is 2. The van der Waals surface area contributed by atoms with Gasteiger partial charge in [-0.1, -0.05) is 0 Å². The second-order valence-corrected chi connectivity index (χ2v) is 3.30. The first-order chi connectivity index (χ1) is 6.65. The first-order valence-electron chi connectivity index (χ1n) is 4.66. The Hall–Kier alpha value is -1.29. The van der Waals surface area contributed by atoms with Crippen molar-refractivity contribution < 1.29 is 10.3 Å². The van der Waals surface area contributed by atoms with Crippen LogP contribution in [0.1, 0.15) is 17.7 Å². The third-order valence-corrected chi connectivity index (χ3v) is 1.93. The number of aromatic nitrogens is 1. The van der Waals surface area contributed by atoms with E-state index >= 15 is 0 Å².